The smallest absolute Gasteiger partial charge is 0.230 e. The number of carbonyl (C=O) groups excluding carboxylic acids is 2. The average Bonchev–Trinajstić information content (AvgIpc) is 3.40. The summed E-state index contributed by atoms with van der Waals surface area (Å²) in [4.78, 5) is 26.9. The van der Waals surface area contributed by atoms with Gasteiger partial charge in [-0.3, -0.25) is 9.59 Å². The minimum atomic E-state index is -0.931. The Morgan fingerprint density at radius 2 is 1.93 bits per heavy atom. The number of carbonyl (C=O) groups is 2. The van der Waals surface area contributed by atoms with E-state index in [0.717, 1.165) is 30.3 Å². The van der Waals surface area contributed by atoms with Crippen molar-refractivity contribution >= 4 is 23.6 Å². The zero-order valence-corrected chi connectivity index (χ0v) is 15.9. The third-order valence-corrected chi connectivity index (χ3v) is 6.16. The van der Waals surface area contributed by atoms with Gasteiger partial charge in [0.05, 0.1) is 11.8 Å². The number of thioether (sulfide) groups is 1. The molecule has 146 valence electrons. The molecule has 0 bridgehead atoms. The highest BCUT2D eigenvalue weighted by Crippen LogP contribution is 2.45. The van der Waals surface area contributed by atoms with Gasteiger partial charge in [-0.25, -0.2) is 8.78 Å². The Balaban J connectivity index is 1.26. The topological polar surface area (TPSA) is 49.4 Å². The van der Waals surface area contributed by atoms with Crippen LogP contribution in [0.1, 0.15) is 24.3 Å². The largest absolute Gasteiger partial charge is 0.350 e. The summed E-state index contributed by atoms with van der Waals surface area (Å²) in [7, 11) is 0. The van der Waals surface area contributed by atoms with Crippen LogP contribution in [0, 0.1) is 11.6 Å². The molecular formula is C21H20F2N2O2S. The highest BCUT2D eigenvalue weighted by atomic mass is 32.2. The van der Waals surface area contributed by atoms with Crippen LogP contribution in [0.25, 0.3) is 0 Å². The Hall–Kier alpha value is -2.41. The van der Waals surface area contributed by atoms with Crippen molar-refractivity contribution < 1.29 is 18.4 Å². The van der Waals surface area contributed by atoms with Crippen molar-refractivity contribution in [3.05, 3.63) is 65.7 Å². The molecule has 2 aromatic rings. The molecule has 0 radical (unpaired) electrons. The van der Waals surface area contributed by atoms with E-state index in [1.54, 1.807) is 0 Å². The number of amides is 2. The minimum Gasteiger partial charge on any atom is -0.350 e. The van der Waals surface area contributed by atoms with Gasteiger partial charge in [-0.15, -0.1) is 11.8 Å². The van der Waals surface area contributed by atoms with Crippen molar-refractivity contribution in [1.29, 1.82) is 0 Å². The molecule has 28 heavy (non-hydrogen) atoms. The van der Waals surface area contributed by atoms with Crippen LogP contribution in [-0.2, 0) is 9.59 Å². The third kappa shape index (κ3) is 4.19. The first-order valence-electron chi connectivity index (χ1n) is 9.23. The summed E-state index contributed by atoms with van der Waals surface area (Å²) in [6.07, 6.45) is 1.27. The van der Waals surface area contributed by atoms with Gasteiger partial charge in [-0.05, 0) is 30.2 Å². The number of nitrogens with zero attached hydrogens (tertiary/aromatic N) is 1. The second kappa shape index (κ2) is 7.91. The monoisotopic (exact) mass is 402 g/mol. The molecule has 1 saturated heterocycles. The van der Waals surface area contributed by atoms with E-state index < -0.39 is 11.6 Å². The molecule has 1 heterocycles. The fraction of sp³-hybridized carbons (Fsp3) is 0.333. The van der Waals surface area contributed by atoms with E-state index in [1.165, 1.54) is 11.6 Å². The predicted octanol–water partition coefficient (Wildman–Crippen LogP) is 3.33. The summed E-state index contributed by atoms with van der Waals surface area (Å²) < 4.78 is 26.2. The van der Waals surface area contributed by atoms with Crippen molar-refractivity contribution in [1.82, 2.24) is 10.2 Å². The van der Waals surface area contributed by atoms with Gasteiger partial charge in [0.15, 0.2) is 11.6 Å². The van der Waals surface area contributed by atoms with Crippen molar-refractivity contribution in [2.75, 3.05) is 12.3 Å². The van der Waals surface area contributed by atoms with Crippen LogP contribution in [0.5, 0.6) is 0 Å². The van der Waals surface area contributed by atoms with Crippen molar-refractivity contribution in [3.8, 4) is 0 Å². The summed E-state index contributed by atoms with van der Waals surface area (Å²) in [5, 5.41) is 2.88. The van der Waals surface area contributed by atoms with Crippen LogP contribution in [-0.4, -0.2) is 41.1 Å². The van der Waals surface area contributed by atoms with Gasteiger partial charge in [0.25, 0.3) is 0 Å². The molecule has 4 rings (SSSR count). The van der Waals surface area contributed by atoms with Gasteiger partial charge in [0.1, 0.15) is 0 Å². The molecule has 1 aliphatic carbocycles. The average molecular weight is 402 g/mol. The molecule has 0 aromatic heterocycles. The van der Waals surface area contributed by atoms with E-state index in [-0.39, 0.29) is 29.7 Å². The number of hydrogen-bond donors (Lipinski definition) is 1. The van der Waals surface area contributed by atoms with Gasteiger partial charge >= 0.3 is 0 Å². The second-order valence-electron chi connectivity index (χ2n) is 7.20. The molecular weight excluding hydrogens is 382 g/mol. The standard InChI is InChI=1S/C21H20F2N2O2S/c22-17-7-6-15(9-18(17)23)28-12-20(26)24-14-8-21(27)25(11-14)19-10-16(19)13-4-2-1-3-5-13/h1-7,9,14,16,19H,8,10-12H2,(H,24,26)/t14-,16-,19+/m1/s1. The van der Waals surface area contributed by atoms with Crippen LogP contribution in [0.15, 0.2) is 53.4 Å². The molecule has 0 spiro atoms. The first-order valence-corrected chi connectivity index (χ1v) is 10.2. The molecule has 2 aliphatic rings. The number of benzene rings is 2. The normalized spacial score (nSPS) is 23.7. The molecule has 4 nitrogen and oxygen atoms in total. The number of halogens is 2. The lowest BCUT2D eigenvalue weighted by Gasteiger charge is -2.17. The van der Waals surface area contributed by atoms with Crippen molar-refractivity contribution in [2.24, 2.45) is 0 Å². The van der Waals surface area contributed by atoms with Gasteiger partial charge in [-0.1, -0.05) is 30.3 Å². The molecule has 1 saturated carbocycles. The summed E-state index contributed by atoms with van der Waals surface area (Å²) in [5.41, 5.74) is 1.25. The molecule has 1 N–H and O–H groups in total. The molecule has 1 aliphatic heterocycles. The van der Waals surface area contributed by atoms with Gasteiger partial charge in [-0.2, -0.15) is 0 Å². The first kappa shape index (κ1) is 18.9. The predicted molar refractivity (Wildman–Crippen MR) is 103 cm³/mol. The summed E-state index contributed by atoms with van der Waals surface area (Å²) in [6.45, 7) is 0.522. The van der Waals surface area contributed by atoms with Crippen molar-refractivity contribution in [2.45, 2.75) is 35.7 Å². The molecule has 2 fully saturated rings. The summed E-state index contributed by atoms with van der Waals surface area (Å²) >= 11 is 1.14. The Labute approximate surface area is 166 Å². The number of hydrogen-bond acceptors (Lipinski definition) is 3. The Morgan fingerprint density at radius 1 is 1.14 bits per heavy atom. The molecule has 2 amide bonds. The lowest BCUT2D eigenvalue weighted by Crippen LogP contribution is -2.38. The fourth-order valence-electron chi connectivity index (χ4n) is 3.72. The first-order chi connectivity index (χ1) is 13.5. The number of rotatable bonds is 6. The maximum atomic E-state index is 13.2. The lowest BCUT2D eigenvalue weighted by molar-refractivity contribution is -0.128. The van der Waals surface area contributed by atoms with E-state index in [2.05, 4.69) is 17.4 Å². The maximum Gasteiger partial charge on any atom is 0.230 e. The van der Waals surface area contributed by atoms with Crippen LogP contribution < -0.4 is 5.32 Å². The fourth-order valence-corrected chi connectivity index (χ4v) is 4.45. The van der Waals surface area contributed by atoms with E-state index in [4.69, 9.17) is 0 Å². The van der Waals surface area contributed by atoms with Crippen LogP contribution in [0.2, 0.25) is 0 Å². The summed E-state index contributed by atoms with van der Waals surface area (Å²) in [6, 6.07) is 13.7. The van der Waals surface area contributed by atoms with Crippen LogP contribution in [0.4, 0.5) is 8.78 Å². The van der Waals surface area contributed by atoms with Crippen LogP contribution >= 0.6 is 11.8 Å². The van der Waals surface area contributed by atoms with E-state index >= 15 is 0 Å². The van der Waals surface area contributed by atoms with E-state index in [0.29, 0.717) is 23.8 Å². The molecule has 0 unspecified atom stereocenters. The highest BCUT2D eigenvalue weighted by Gasteiger charge is 2.47. The Kier molecular flexibility index (Phi) is 5.35. The van der Waals surface area contributed by atoms with Crippen molar-refractivity contribution in [3.63, 3.8) is 0 Å². The highest BCUT2D eigenvalue weighted by molar-refractivity contribution is 8.00. The van der Waals surface area contributed by atoms with Crippen LogP contribution in [0.3, 0.4) is 0 Å². The SMILES string of the molecule is O=C(CSc1ccc(F)c(F)c1)N[C@@H]1CC(=O)N([C@H]2C[C@@H]2c2ccccc2)C1. The van der Waals surface area contributed by atoms with Gasteiger partial charge in [0, 0.05) is 29.8 Å². The summed E-state index contributed by atoms with van der Waals surface area (Å²) in [5.74, 6) is -1.52. The zero-order chi connectivity index (χ0) is 19.7. The lowest BCUT2D eigenvalue weighted by atomic mass is 10.1. The molecule has 2 aromatic carbocycles. The van der Waals surface area contributed by atoms with E-state index in [9.17, 15) is 18.4 Å². The Morgan fingerprint density at radius 3 is 2.68 bits per heavy atom. The minimum absolute atomic E-state index is 0.0713. The van der Waals surface area contributed by atoms with Gasteiger partial charge in [0.2, 0.25) is 11.8 Å². The molecule has 3 atom stereocenters. The second-order valence-corrected chi connectivity index (χ2v) is 8.25. The quantitative estimate of drug-likeness (QED) is 0.754. The third-order valence-electron chi connectivity index (χ3n) is 5.17. The number of nitrogens with one attached hydrogen (secondary N) is 1. The number of likely N-dealkylation sites (tertiary alicyclic amines) is 1. The molecule has 7 heteroatoms. The zero-order valence-electron chi connectivity index (χ0n) is 15.1. The maximum absolute atomic E-state index is 13.2. The van der Waals surface area contributed by atoms with E-state index in [1.807, 2.05) is 23.1 Å². The Bertz CT molecular complexity index is 893. The van der Waals surface area contributed by atoms with Gasteiger partial charge < -0.3 is 10.2 Å².